The lowest BCUT2D eigenvalue weighted by Gasteiger charge is -2.38. The van der Waals surface area contributed by atoms with Crippen molar-refractivity contribution in [1.82, 2.24) is 0 Å². The molecule has 0 aromatic heterocycles. The molecule has 0 bridgehead atoms. The number of halogens is 3. The van der Waals surface area contributed by atoms with Gasteiger partial charge in [-0.15, -0.1) is 0 Å². The molecule has 0 radical (unpaired) electrons. The quantitative estimate of drug-likeness (QED) is 0.810. The van der Waals surface area contributed by atoms with Crippen molar-refractivity contribution in [2.45, 2.75) is 83.1 Å². The van der Waals surface area contributed by atoms with E-state index in [9.17, 15) is 23.4 Å². The van der Waals surface area contributed by atoms with E-state index in [-0.39, 0.29) is 24.7 Å². The molecule has 0 unspecified atom stereocenters. The molecule has 2 atom stereocenters. The molecule has 0 amide bonds. The highest BCUT2D eigenvalue weighted by atomic mass is 19.4. The normalized spacial score (nSPS) is 36.8. The number of aliphatic hydroxyl groups excluding tert-OH is 2. The van der Waals surface area contributed by atoms with Crippen LogP contribution < -0.4 is 0 Å². The van der Waals surface area contributed by atoms with Gasteiger partial charge in [-0.3, -0.25) is 0 Å². The van der Waals surface area contributed by atoms with E-state index in [0.717, 1.165) is 38.0 Å². The molecule has 2 nitrogen and oxygen atoms in total. The van der Waals surface area contributed by atoms with Gasteiger partial charge >= 0.3 is 6.18 Å². The predicted molar refractivity (Wildman–Crippen MR) is 79.3 cm³/mol. The summed E-state index contributed by atoms with van der Waals surface area (Å²) >= 11 is 0. The smallest absolute Gasteiger partial charge is 0.390 e. The highest BCUT2D eigenvalue weighted by Crippen LogP contribution is 2.42. The maximum Gasteiger partial charge on any atom is 0.391 e. The van der Waals surface area contributed by atoms with Gasteiger partial charge in [0, 0.05) is 0 Å². The first-order valence-corrected chi connectivity index (χ1v) is 8.75. The molecule has 0 spiro atoms. The van der Waals surface area contributed by atoms with Crippen LogP contribution in [-0.2, 0) is 0 Å². The van der Waals surface area contributed by atoms with Crippen molar-refractivity contribution in [3.05, 3.63) is 0 Å². The second-order valence-corrected chi connectivity index (χ2v) is 7.32. The second-order valence-electron chi connectivity index (χ2n) is 7.32. The Balaban J connectivity index is 1.81. The maximum atomic E-state index is 12.7. The second kappa shape index (κ2) is 7.52. The SMILES string of the molecule is CCC1CCC([C@H](O)[C@@H](O)C2CCC(C(F)(F)F)CC2)CC1. The average Bonchev–Trinajstić information content (AvgIpc) is 2.53. The average molecular weight is 322 g/mol. The summed E-state index contributed by atoms with van der Waals surface area (Å²) in [6.45, 7) is 2.18. The molecule has 2 saturated carbocycles. The lowest BCUT2D eigenvalue weighted by molar-refractivity contribution is -0.187. The standard InChI is InChI=1S/C17H29F3O2/c1-2-11-3-5-12(6-4-11)15(21)16(22)13-7-9-14(10-8-13)17(18,19)20/h11-16,21-22H,2-10H2,1H3/t11?,12?,13?,14?,15-,16-/m0/s1. The fraction of sp³-hybridized carbons (Fsp3) is 1.00. The first-order chi connectivity index (χ1) is 10.3. The molecular formula is C17H29F3O2. The van der Waals surface area contributed by atoms with Crippen LogP contribution in [0.25, 0.3) is 0 Å². The lowest BCUT2D eigenvalue weighted by atomic mass is 9.72. The molecule has 2 rings (SSSR count). The van der Waals surface area contributed by atoms with Gasteiger partial charge in [-0.25, -0.2) is 0 Å². The predicted octanol–water partition coefficient (Wildman–Crippen LogP) is 4.29. The molecule has 0 aromatic carbocycles. The Morgan fingerprint density at radius 2 is 1.23 bits per heavy atom. The number of rotatable bonds is 4. The van der Waals surface area contributed by atoms with E-state index >= 15 is 0 Å². The van der Waals surface area contributed by atoms with E-state index in [0.29, 0.717) is 12.8 Å². The molecule has 2 N–H and O–H groups in total. The number of aliphatic hydroxyl groups is 2. The van der Waals surface area contributed by atoms with Crippen LogP contribution >= 0.6 is 0 Å². The summed E-state index contributed by atoms with van der Waals surface area (Å²) in [7, 11) is 0. The molecule has 0 saturated heterocycles. The molecular weight excluding hydrogens is 293 g/mol. The van der Waals surface area contributed by atoms with Crippen molar-refractivity contribution in [3.8, 4) is 0 Å². The Morgan fingerprint density at radius 1 is 0.818 bits per heavy atom. The Kier molecular flexibility index (Phi) is 6.17. The lowest BCUT2D eigenvalue weighted by Crippen LogP contribution is -2.42. The van der Waals surface area contributed by atoms with E-state index in [1.807, 2.05) is 0 Å². The van der Waals surface area contributed by atoms with Crippen molar-refractivity contribution in [2.75, 3.05) is 0 Å². The summed E-state index contributed by atoms with van der Waals surface area (Å²) in [5.74, 6) is -0.577. The number of hydrogen-bond donors (Lipinski definition) is 2. The third-order valence-corrected chi connectivity index (χ3v) is 6.02. The molecule has 0 aliphatic heterocycles. The zero-order valence-electron chi connectivity index (χ0n) is 13.4. The highest BCUT2D eigenvalue weighted by molar-refractivity contribution is 4.87. The summed E-state index contributed by atoms with van der Waals surface area (Å²) in [4.78, 5) is 0. The minimum absolute atomic E-state index is 0.0839. The molecule has 22 heavy (non-hydrogen) atoms. The van der Waals surface area contributed by atoms with Crippen LogP contribution in [-0.4, -0.2) is 28.6 Å². The van der Waals surface area contributed by atoms with E-state index in [2.05, 4.69) is 6.92 Å². The first-order valence-electron chi connectivity index (χ1n) is 8.75. The van der Waals surface area contributed by atoms with Gasteiger partial charge in [-0.05, 0) is 56.3 Å². The molecule has 2 aliphatic carbocycles. The van der Waals surface area contributed by atoms with Crippen molar-refractivity contribution < 1.29 is 23.4 Å². The minimum atomic E-state index is -4.12. The zero-order chi connectivity index (χ0) is 16.3. The zero-order valence-corrected chi connectivity index (χ0v) is 13.4. The third kappa shape index (κ3) is 4.38. The van der Waals surface area contributed by atoms with E-state index in [1.54, 1.807) is 0 Å². The fourth-order valence-electron chi connectivity index (χ4n) is 4.28. The van der Waals surface area contributed by atoms with Crippen LogP contribution in [0.5, 0.6) is 0 Å². The fourth-order valence-corrected chi connectivity index (χ4v) is 4.28. The van der Waals surface area contributed by atoms with Crippen molar-refractivity contribution in [1.29, 1.82) is 0 Å². The van der Waals surface area contributed by atoms with E-state index in [4.69, 9.17) is 0 Å². The van der Waals surface area contributed by atoms with Crippen molar-refractivity contribution >= 4 is 0 Å². The Morgan fingerprint density at radius 3 is 1.59 bits per heavy atom. The minimum Gasteiger partial charge on any atom is -0.390 e. The Hall–Kier alpha value is -0.290. The van der Waals surface area contributed by atoms with Crippen molar-refractivity contribution in [3.63, 3.8) is 0 Å². The van der Waals surface area contributed by atoms with Gasteiger partial charge in [0.05, 0.1) is 18.1 Å². The summed E-state index contributed by atoms with van der Waals surface area (Å²) in [5.41, 5.74) is 0. The molecule has 2 fully saturated rings. The summed E-state index contributed by atoms with van der Waals surface area (Å²) < 4.78 is 38.0. The maximum absolute atomic E-state index is 12.7. The van der Waals surface area contributed by atoms with Crippen LogP contribution in [0.4, 0.5) is 13.2 Å². The topological polar surface area (TPSA) is 40.5 Å². The van der Waals surface area contributed by atoms with Crippen LogP contribution in [0.2, 0.25) is 0 Å². The number of alkyl halides is 3. The van der Waals surface area contributed by atoms with E-state index < -0.39 is 24.3 Å². The van der Waals surface area contributed by atoms with Gasteiger partial charge in [0.25, 0.3) is 0 Å². The Labute approximate surface area is 131 Å². The van der Waals surface area contributed by atoms with Crippen LogP contribution in [0.15, 0.2) is 0 Å². The summed E-state index contributed by atoms with van der Waals surface area (Å²) in [6.07, 6.45) is 0.337. The van der Waals surface area contributed by atoms with Crippen LogP contribution in [0.1, 0.15) is 64.7 Å². The molecule has 0 aromatic rings. The molecule has 130 valence electrons. The van der Waals surface area contributed by atoms with Gasteiger partial charge < -0.3 is 10.2 Å². The monoisotopic (exact) mass is 322 g/mol. The first kappa shape index (κ1) is 18.1. The highest BCUT2D eigenvalue weighted by Gasteiger charge is 2.43. The van der Waals surface area contributed by atoms with Crippen molar-refractivity contribution in [2.24, 2.45) is 23.7 Å². The van der Waals surface area contributed by atoms with Gasteiger partial charge in [0.2, 0.25) is 0 Å². The van der Waals surface area contributed by atoms with Gasteiger partial charge in [-0.1, -0.05) is 26.2 Å². The van der Waals surface area contributed by atoms with Gasteiger partial charge in [0.1, 0.15) is 0 Å². The molecule has 5 heteroatoms. The molecule has 0 heterocycles. The largest absolute Gasteiger partial charge is 0.391 e. The summed E-state index contributed by atoms with van der Waals surface area (Å²) in [5, 5.41) is 20.8. The third-order valence-electron chi connectivity index (χ3n) is 6.02. The number of hydrogen-bond acceptors (Lipinski definition) is 2. The van der Waals surface area contributed by atoms with Crippen LogP contribution in [0, 0.1) is 23.7 Å². The van der Waals surface area contributed by atoms with Crippen LogP contribution in [0.3, 0.4) is 0 Å². The Bertz CT molecular complexity index is 329. The molecule has 2 aliphatic rings. The van der Waals surface area contributed by atoms with Gasteiger partial charge in [-0.2, -0.15) is 13.2 Å². The van der Waals surface area contributed by atoms with Gasteiger partial charge in [0.15, 0.2) is 0 Å². The summed E-state index contributed by atoms with van der Waals surface area (Å²) in [6, 6.07) is 0. The van der Waals surface area contributed by atoms with E-state index in [1.165, 1.54) is 0 Å².